The van der Waals surface area contributed by atoms with Gasteiger partial charge in [0, 0.05) is 0 Å². The van der Waals surface area contributed by atoms with Crippen LogP contribution in [0.4, 0.5) is 8.78 Å². The molecule has 1 N–H and O–H groups in total. The first-order valence-electron chi connectivity index (χ1n) is 4.41. The molecule has 0 aliphatic carbocycles. The zero-order valence-electron chi connectivity index (χ0n) is 8.75. The summed E-state index contributed by atoms with van der Waals surface area (Å²) < 4.78 is 31.0. The standard InChI is InChI=1S/C11H10F2O3/c1-6(10(13)11(14)15)7-3-4-9(16-2)8(12)5-7/h3-5H,1-2H3,(H,14,15). The van der Waals surface area contributed by atoms with Crippen molar-refractivity contribution in [2.24, 2.45) is 0 Å². The summed E-state index contributed by atoms with van der Waals surface area (Å²) in [6.07, 6.45) is 0. The molecule has 0 aliphatic heterocycles. The van der Waals surface area contributed by atoms with Gasteiger partial charge in [-0.05, 0) is 30.2 Å². The lowest BCUT2D eigenvalue weighted by atomic mass is 10.1. The molecule has 5 heteroatoms. The lowest BCUT2D eigenvalue weighted by Gasteiger charge is -2.05. The van der Waals surface area contributed by atoms with Gasteiger partial charge in [-0.2, -0.15) is 4.39 Å². The van der Waals surface area contributed by atoms with Gasteiger partial charge in [0.1, 0.15) is 0 Å². The van der Waals surface area contributed by atoms with E-state index in [0.29, 0.717) is 0 Å². The largest absolute Gasteiger partial charge is 0.494 e. The topological polar surface area (TPSA) is 46.5 Å². The van der Waals surface area contributed by atoms with E-state index in [2.05, 4.69) is 4.74 Å². The molecule has 0 aliphatic rings. The maximum atomic E-state index is 13.3. The minimum Gasteiger partial charge on any atom is -0.494 e. The van der Waals surface area contributed by atoms with Gasteiger partial charge in [-0.3, -0.25) is 0 Å². The van der Waals surface area contributed by atoms with Gasteiger partial charge in [-0.1, -0.05) is 6.07 Å². The Morgan fingerprint density at radius 3 is 2.50 bits per heavy atom. The van der Waals surface area contributed by atoms with Crippen molar-refractivity contribution >= 4 is 11.5 Å². The van der Waals surface area contributed by atoms with Crippen molar-refractivity contribution in [3.05, 3.63) is 35.4 Å². The van der Waals surface area contributed by atoms with Crippen LogP contribution in [0.15, 0.2) is 24.0 Å². The van der Waals surface area contributed by atoms with Crippen LogP contribution in [0.25, 0.3) is 5.57 Å². The zero-order chi connectivity index (χ0) is 12.3. The smallest absolute Gasteiger partial charge is 0.365 e. The van der Waals surface area contributed by atoms with Crippen molar-refractivity contribution in [1.82, 2.24) is 0 Å². The highest BCUT2D eigenvalue weighted by Crippen LogP contribution is 2.24. The van der Waals surface area contributed by atoms with Gasteiger partial charge < -0.3 is 9.84 Å². The monoisotopic (exact) mass is 228 g/mol. The molecule has 1 aromatic rings. The zero-order valence-corrected chi connectivity index (χ0v) is 8.75. The second kappa shape index (κ2) is 4.74. The lowest BCUT2D eigenvalue weighted by molar-refractivity contribution is -0.134. The summed E-state index contributed by atoms with van der Waals surface area (Å²) in [6.45, 7) is 1.27. The molecule has 3 nitrogen and oxygen atoms in total. The van der Waals surface area contributed by atoms with Crippen molar-refractivity contribution in [3.8, 4) is 5.75 Å². The molecule has 1 rings (SSSR count). The molecule has 86 valence electrons. The molecule has 0 bridgehead atoms. The fourth-order valence-electron chi connectivity index (χ4n) is 1.19. The molecule has 0 atom stereocenters. The molecular formula is C11H10F2O3. The van der Waals surface area contributed by atoms with Crippen LogP contribution in [0.3, 0.4) is 0 Å². The highest BCUT2D eigenvalue weighted by molar-refractivity contribution is 5.93. The molecule has 0 aromatic heterocycles. The van der Waals surface area contributed by atoms with Crippen molar-refractivity contribution in [3.63, 3.8) is 0 Å². The minimum atomic E-state index is -1.67. The van der Waals surface area contributed by atoms with E-state index in [0.717, 1.165) is 6.07 Å². The van der Waals surface area contributed by atoms with E-state index in [1.807, 2.05) is 0 Å². The molecule has 16 heavy (non-hydrogen) atoms. The average Bonchev–Trinajstić information content (AvgIpc) is 2.26. The molecule has 0 saturated carbocycles. The van der Waals surface area contributed by atoms with Gasteiger partial charge in [0.05, 0.1) is 7.11 Å². The summed E-state index contributed by atoms with van der Waals surface area (Å²) >= 11 is 0. The van der Waals surface area contributed by atoms with E-state index < -0.39 is 17.6 Å². The number of carboxylic acids is 1. The van der Waals surface area contributed by atoms with Crippen LogP contribution in [0.5, 0.6) is 5.75 Å². The number of carbonyl (C=O) groups is 1. The third-order valence-corrected chi connectivity index (χ3v) is 2.10. The van der Waals surface area contributed by atoms with Gasteiger partial charge >= 0.3 is 5.97 Å². The summed E-state index contributed by atoms with van der Waals surface area (Å²) in [5.74, 6) is -3.62. The molecule has 0 spiro atoms. The minimum absolute atomic E-state index is 0.0206. The molecular weight excluding hydrogens is 218 g/mol. The Balaban J connectivity index is 3.21. The maximum Gasteiger partial charge on any atom is 0.365 e. The normalized spacial score (nSPS) is 12.0. The Bertz CT molecular complexity index is 453. The third kappa shape index (κ3) is 2.36. The predicted octanol–water partition coefficient (Wildman–Crippen LogP) is 2.62. The molecule has 0 radical (unpaired) electrons. The Labute approximate surface area is 91.0 Å². The van der Waals surface area contributed by atoms with E-state index in [9.17, 15) is 13.6 Å². The molecule has 0 heterocycles. The van der Waals surface area contributed by atoms with Crippen molar-refractivity contribution in [2.75, 3.05) is 7.11 Å². The summed E-state index contributed by atoms with van der Waals surface area (Å²) in [5, 5.41) is 8.43. The summed E-state index contributed by atoms with van der Waals surface area (Å²) in [4.78, 5) is 10.4. The molecule has 0 fully saturated rings. The highest BCUT2D eigenvalue weighted by atomic mass is 19.1. The molecule has 0 unspecified atom stereocenters. The lowest BCUT2D eigenvalue weighted by Crippen LogP contribution is -1.98. The first-order chi connectivity index (χ1) is 7.47. The number of ether oxygens (including phenoxy) is 1. The van der Waals surface area contributed by atoms with Gasteiger partial charge in [-0.15, -0.1) is 0 Å². The molecule has 0 amide bonds. The predicted molar refractivity (Wildman–Crippen MR) is 54.3 cm³/mol. The van der Waals surface area contributed by atoms with E-state index in [4.69, 9.17) is 5.11 Å². The first kappa shape index (κ1) is 12.2. The summed E-state index contributed by atoms with van der Waals surface area (Å²) in [7, 11) is 1.30. The average molecular weight is 228 g/mol. The number of hydrogen-bond donors (Lipinski definition) is 1. The number of halogens is 2. The van der Waals surface area contributed by atoms with Crippen LogP contribution in [0.2, 0.25) is 0 Å². The molecule has 0 saturated heterocycles. The van der Waals surface area contributed by atoms with Crippen LogP contribution in [0.1, 0.15) is 12.5 Å². The number of benzene rings is 1. The number of hydrogen-bond acceptors (Lipinski definition) is 2. The van der Waals surface area contributed by atoms with Crippen LogP contribution < -0.4 is 4.74 Å². The van der Waals surface area contributed by atoms with Crippen molar-refractivity contribution in [1.29, 1.82) is 0 Å². The number of rotatable bonds is 3. The number of carboxylic acid groups (broad SMARTS) is 1. The first-order valence-corrected chi connectivity index (χ1v) is 4.41. The van der Waals surface area contributed by atoms with Crippen LogP contribution in [0, 0.1) is 5.82 Å². The highest BCUT2D eigenvalue weighted by Gasteiger charge is 2.13. The molecule has 1 aromatic carbocycles. The SMILES string of the molecule is COc1ccc(C(C)=C(F)C(=O)O)cc1F. The van der Waals surface area contributed by atoms with Crippen molar-refractivity contribution in [2.45, 2.75) is 6.92 Å². The Hall–Kier alpha value is -1.91. The van der Waals surface area contributed by atoms with E-state index in [1.54, 1.807) is 0 Å². The maximum absolute atomic E-state index is 13.3. The third-order valence-electron chi connectivity index (χ3n) is 2.10. The fourth-order valence-corrected chi connectivity index (χ4v) is 1.19. The van der Waals surface area contributed by atoms with Gasteiger partial charge in [-0.25, -0.2) is 9.18 Å². The summed E-state index contributed by atoms with van der Waals surface area (Å²) in [6, 6.07) is 3.72. The van der Waals surface area contributed by atoms with Crippen LogP contribution in [-0.4, -0.2) is 18.2 Å². The quantitative estimate of drug-likeness (QED) is 0.809. The Morgan fingerprint density at radius 1 is 1.44 bits per heavy atom. The van der Waals surface area contributed by atoms with Gasteiger partial charge in [0.2, 0.25) is 5.83 Å². The summed E-state index contributed by atoms with van der Waals surface area (Å²) in [5.41, 5.74) is 0.0345. The second-order valence-electron chi connectivity index (χ2n) is 3.09. The Kier molecular flexibility index (Phi) is 3.60. The number of aliphatic carboxylic acids is 1. The van der Waals surface area contributed by atoms with Gasteiger partial charge in [0.25, 0.3) is 0 Å². The second-order valence-corrected chi connectivity index (χ2v) is 3.09. The van der Waals surface area contributed by atoms with E-state index in [-0.39, 0.29) is 16.9 Å². The Morgan fingerprint density at radius 2 is 2.06 bits per heavy atom. The van der Waals surface area contributed by atoms with Crippen molar-refractivity contribution < 1.29 is 23.4 Å². The fraction of sp³-hybridized carbons (Fsp3) is 0.182. The number of methoxy groups -OCH3 is 1. The number of allylic oxidation sites excluding steroid dienone is 1. The van der Waals surface area contributed by atoms with E-state index in [1.165, 1.54) is 26.2 Å². The van der Waals surface area contributed by atoms with Crippen LogP contribution >= 0.6 is 0 Å². The van der Waals surface area contributed by atoms with Crippen LogP contribution in [-0.2, 0) is 4.79 Å². The van der Waals surface area contributed by atoms with E-state index >= 15 is 0 Å². The van der Waals surface area contributed by atoms with Gasteiger partial charge in [0.15, 0.2) is 11.6 Å².